The number of hydrogen-bond acceptors (Lipinski definition) is 6. The maximum atomic E-state index is 12.5. The number of likely N-dealkylation sites (N-methyl/N-ethyl adjacent to an activating group) is 1. The van der Waals surface area contributed by atoms with Crippen LogP contribution in [0.2, 0.25) is 0 Å². The van der Waals surface area contributed by atoms with Crippen LogP contribution in [0.25, 0.3) is 11.5 Å². The monoisotopic (exact) mass is 499 g/mol. The Morgan fingerprint density at radius 3 is 2.57 bits per heavy atom. The van der Waals surface area contributed by atoms with Crippen molar-refractivity contribution in [3.05, 3.63) is 95.3 Å². The van der Waals surface area contributed by atoms with Gasteiger partial charge in [0.15, 0.2) is 5.82 Å². The zero-order chi connectivity index (χ0) is 26.2. The third-order valence-corrected chi connectivity index (χ3v) is 5.74. The van der Waals surface area contributed by atoms with Crippen LogP contribution >= 0.6 is 0 Å². The molecule has 0 saturated carbocycles. The molecule has 4 aromatic rings. The van der Waals surface area contributed by atoms with Crippen molar-refractivity contribution < 1.29 is 18.8 Å². The number of ether oxygens (including phenoxy) is 1. The highest BCUT2D eigenvalue weighted by atomic mass is 16.5. The van der Waals surface area contributed by atoms with Gasteiger partial charge in [-0.3, -0.25) is 4.79 Å². The molecule has 190 valence electrons. The number of aryl methyl sites for hydroxylation is 1. The van der Waals surface area contributed by atoms with E-state index in [9.17, 15) is 9.59 Å². The van der Waals surface area contributed by atoms with Gasteiger partial charge >= 0.3 is 6.03 Å². The van der Waals surface area contributed by atoms with Gasteiger partial charge in [0.1, 0.15) is 5.75 Å². The van der Waals surface area contributed by atoms with Gasteiger partial charge in [0, 0.05) is 43.4 Å². The lowest BCUT2D eigenvalue weighted by atomic mass is 10.1. The summed E-state index contributed by atoms with van der Waals surface area (Å²) in [7, 11) is 3.32. The molecule has 3 amide bonds. The van der Waals surface area contributed by atoms with Crippen LogP contribution in [0.15, 0.2) is 77.3 Å². The van der Waals surface area contributed by atoms with E-state index in [-0.39, 0.29) is 11.9 Å². The van der Waals surface area contributed by atoms with Crippen molar-refractivity contribution >= 4 is 17.6 Å². The lowest BCUT2D eigenvalue weighted by molar-refractivity contribution is 0.0951. The fraction of sp³-hybridized carbons (Fsp3) is 0.214. The third kappa shape index (κ3) is 6.94. The minimum atomic E-state index is -0.213. The van der Waals surface area contributed by atoms with E-state index < -0.39 is 0 Å². The largest absolute Gasteiger partial charge is 0.497 e. The number of urea groups is 1. The molecule has 0 aliphatic rings. The first-order chi connectivity index (χ1) is 17.9. The van der Waals surface area contributed by atoms with Gasteiger partial charge in [-0.05, 0) is 66.6 Å². The second-order valence-electron chi connectivity index (χ2n) is 8.60. The Kier molecular flexibility index (Phi) is 8.15. The van der Waals surface area contributed by atoms with E-state index in [0.29, 0.717) is 42.4 Å². The molecule has 0 fully saturated rings. The summed E-state index contributed by atoms with van der Waals surface area (Å²) in [4.78, 5) is 30.9. The molecular formula is C28H29N5O4. The van der Waals surface area contributed by atoms with Gasteiger partial charge < -0.3 is 24.8 Å². The summed E-state index contributed by atoms with van der Waals surface area (Å²) in [5.41, 5.74) is 3.99. The fourth-order valence-electron chi connectivity index (χ4n) is 3.61. The number of carbonyl (C=O) groups excluding carboxylic acids is 2. The van der Waals surface area contributed by atoms with Crippen molar-refractivity contribution in [2.24, 2.45) is 0 Å². The van der Waals surface area contributed by atoms with E-state index in [4.69, 9.17) is 9.26 Å². The molecule has 0 saturated heterocycles. The van der Waals surface area contributed by atoms with Crippen LogP contribution in [0, 0.1) is 6.92 Å². The molecule has 3 aromatic carbocycles. The number of nitrogens with one attached hydrogen (secondary N) is 2. The Bertz CT molecular complexity index is 1370. The van der Waals surface area contributed by atoms with E-state index in [1.807, 2.05) is 55.5 Å². The predicted molar refractivity (Wildman–Crippen MR) is 140 cm³/mol. The Morgan fingerprint density at radius 1 is 1.03 bits per heavy atom. The molecule has 9 heteroatoms. The number of methoxy groups -OCH3 is 1. The minimum Gasteiger partial charge on any atom is -0.497 e. The summed E-state index contributed by atoms with van der Waals surface area (Å²) >= 11 is 0. The molecule has 37 heavy (non-hydrogen) atoms. The van der Waals surface area contributed by atoms with Crippen LogP contribution < -0.4 is 15.4 Å². The number of anilines is 1. The number of aromatic nitrogens is 2. The number of benzene rings is 3. The first-order valence-corrected chi connectivity index (χ1v) is 11.8. The molecular weight excluding hydrogens is 470 g/mol. The summed E-state index contributed by atoms with van der Waals surface area (Å²) in [6.45, 7) is 2.78. The van der Waals surface area contributed by atoms with Gasteiger partial charge in [-0.2, -0.15) is 4.98 Å². The minimum absolute atomic E-state index is 0.187. The highest BCUT2D eigenvalue weighted by molar-refractivity contribution is 5.94. The summed E-state index contributed by atoms with van der Waals surface area (Å²) in [5.74, 6) is 1.40. The maximum Gasteiger partial charge on any atom is 0.321 e. The highest BCUT2D eigenvalue weighted by Crippen LogP contribution is 2.19. The number of hydrogen-bond donors (Lipinski definition) is 2. The summed E-state index contributed by atoms with van der Waals surface area (Å²) in [5, 5.41) is 9.79. The predicted octanol–water partition coefficient (Wildman–Crippen LogP) is 4.69. The molecule has 9 nitrogen and oxygen atoms in total. The Morgan fingerprint density at radius 2 is 1.81 bits per heavy atom. The fourth-order valence-corrected chi connectivity index (χ4v) is 3.61. The molecule has 0 aliphatic carbocycles. The van der Waals surface area contributed by atoms with Crippen molar-refractivity contribution in [3.8, 4) is 17.2 Å². The summed E-state index contributed by atoms with van der Waals surface area (Å²) in [6, 6.07) is 21.9. The Labute approximate surface area is 215 Å². The van der Waals surface area contributed by atoms with E-state index >= 15 is 0 Å². The van der Waals surface area contributed by atoms with Crippen molar-refractivity contribution in [3.63, 3.8) is 0 Å². The van der Waals surface area contributed by atoms with Gasteiger partial charge in [-0.15, -0.1) is 0 Å². The number of amides is 3. The molecule has 2 N–H and O–H groups in total. The van der Waals surface area contributed by atoms with Gasteiger partial charge in [0.2, 0.25) is 0 Å². The van der Waals surface area contributed by atoms with Gasteiger partial charge in [0.05, 0.1) is 7.11 Å². The Hall–Kier alpha value is -4.66. The van der Waals surface area contributed by atoms with Crippen LogP contribution in [0.1, 0.15) is 27.3 Å². The quantitative estimate of drug-likeness (QED) is 0.346. The van der Waals surface area contributed by atoms with Crippen molar-refractivity contribution in [2.45, 2.75) is 19.9 Å². The van der Waals surface area contributed by atoms with Gasteiger partial charge in [-0.25, -0.2) is 4.79 Å². The molecule has 4 rings (SSSR count). The standard InChI is InChI=1S/C28H29N5O4/c1-19-6-4-8-23(16-19)30-28(35)33(2)15-14-25-31-27(37-32-25)22-12-10-21(11-13-22)26(34)29-18-20-7-5-9-24(17-20)36-3/h4-13,16-17H,14-15,18H2,1-3H3,(H,29,34)(H,30,35). The third-order valence-electron chi connectivity index (χ3n) is 5.74. The molecule has 0 spiro atoms. The van der Waals surface area contributed by atoms with Gasteiger partial charge in [-0.1, -0.05) is 29.4 Å². The average Bonchev–Trinajstić information content (AvgIpc) is 3.39. The van der Waals surface area contributed by atoms with Gasteiger partial charge in [0.25, 0.3) is 11.8 Å². The topological polar surface area (TPSA) is 110 Å². The summed E-state index contributed by atoms with van der Waals surface area (Å²) in [6.07, 6.45) is 0.437. The van der Waals surface area contributed by atoms with E-state index in [1.54, 1.807) is 43.3 Å². The summed E-state index contributed by atoms with van der Waals surface area (Å²) < 4.78 is 10.6. The molecule has 1 aromatic heterocycles. The molecule has 0 unspecified atom stereocenters. The SMILES string of the molecule is COc1cccc(CNC(=O)c2ccc(-c3nc(CCN(C)C(=O)Nc4cccc(C)c4)no3)cc2)c1. The molecule has 1 heterocycles. The average molecular weight is 500 g/mol. The van der Waals surface area contributed by atoms with Crippen LogP contribution in [0.3, 0.4) is 0 Å². The normalized spacial score (nSPS) is 10.6. The molecule has 0 radical (unpaired) electrons. The van der Waals surface area contributed by atoms with E-state index in [1.165, 1.54) is 0 Å². The zero-order valence-corrected chi connectivity index (χ0v) is 21.0. The Balaban J connectivity index is 1.28. The zero-order valence-electron chi connectivity index (χ0n) is 21.0. The number of carbonyl (C=O) groups is 2. The number of rotatable bonds is 9. The lowest BCUT2D eigenvalue weighted by Gasteiger charge is -2.17. The maximum absolute atomic E-state index is 12.5. The number of nitrogens with zero attached hydrogens (tertiary/aromatic N) is 3. The van der Waals surface area contributed by atoms with Crippen molar-refractivity contribution in [2.75, 3.05) is 26.0 Å². The van der Waals surface area contributed by atoms with Crippen LogP contribution in [-0.2, 0) is 13.0 Å². The second kappa shape index (κ2) is 11.9. The van der Waals surface area contributed by atoms with Crippen molar-refractivity contribution in [1.82, 2.24) is 20.4 Å². The molecule has 0 bridgehead atoms. The highest BCUT2D eigenvalue weighted by Gasteiger charge is 2.14. The lowest BCUT2D eigenvalue weighted by Crippen LogP contribution is -2.33. The van der Waals surface area contributed by atoms with Crippen LogP contribution in [0.5, 0.6) is 5.75 Å². The first kappa shape index (κ1) is 25.4. The van der Waals surface area contributed by atoms with Crippen molar-refractivity contribution in [1.29, 1.82) is 0 Å². The van der Waals surface area contributed by atoms with Crippen LogP contribution in [0.4, 0.5) is 10.5 Å². The smallest absolute Gasteiger partial charge is 0.321 e. The molecule has 0 atom stereocenters. The second-order valence-corrected chi connectivity index (χ2v) is 8.60. The first-order valence-electron chi connectivity index (χ1n) is 11.8. The van der Waals surface area contributed by atoms with E-state index in [0.717, 1.165) is 22.6 Å². The molecule has 0 aliphatic heterocycles. The van der Waals surface area contributed by atoms with Crippen LogP contribution in [-0.4, -0.2) is 47.7 Å². The van der Waals surface area contributed by atoms with E-state index in [2.05, 4.69) is 20.8 Å².